The monoisotopic (exact) mass is 292 g/mol. The Labute approximate surface area is 121 Å². The Morgan fingerprint density at radius 3 is 2.57 bits per heavy atom. The molecule has 0 saturated heterocycles. The van der Waals surface area contributed by atoms with Gasteiger partial charge in [-0.05, 0) is 36.8 Å². The standard InChI is InChI=1S/C16H14F2O3/c1-2-20-15-5-3-4-12(9-19)16(15)21-10-11-6-7-13(17)14(18)8-11/h3-9H,2,10H2,1H3. The molecule has 2 rings (SSSR count). The highest BCUT2D eigenvalue weighted by atomic mass is 19.2. The number of hydrogen-bond acceptors (Lipinski definition) is 3. The molecular weight excluding hydrogens is 278 g/mol. The second-order valence-corrected chi connectivity index (χ2v) is 4.26. The maximum absolute atomic E-state index is 13.1. The molecule has 0 heterocycles. The van der Waals surface area contributed by atoms with Gasteiger partial charge in [-0.25, -0.2) is 8.78 Å². The summed E-state index contributed by atoms with van der Waals surface area (Å²) in [5.41, 5.74) is 0.792. The lowest BCUT2D eigenvalue weighted by atomic mass is 10.2. The summed E-state index contributed by atoms with van der Waals surface area (Å²) in [6.07, 6.45) is 0.656. The molecule has 0 N–H and O–H groups in total. The molecule has 0 aliphatic rings. The normalized spacial score (nSPS) is 10.2. The lowest BCUT2D eigenvalue weighted by Crippen LogP contribution is -2.03. The van der Waals surface area contributed by atoms with Crippen LogP contribution in [-0.4, -0.2) is 12.9 Å². The average molecular weight is 292 g/mol. The molecule has 0 aliphatic carbocycles. The Morgan fingerprint density at radius 1 is 1.10 bits per heavy atom. The fourth-order valence-electron chi connectivity index (χ4n) is 1.83. The molecule has 5 heteroatoms. The molecule has 0 radical (unpaired) electrons. The maximum Gasteiger partial charge on any atom is 0.172 e. The second-order valence-electron chi connectivity index (χ2n) is 4.26. The van der Waals surface area contributed by atoms with Crippen molar-refractivity contribution in [3.05, 3.63) is 59.2 Å². The van der Waals surface area contributed by atoms with Crippen molar-refractivity contribution in [1.29, 1.82) is 0 Å². The zero-order chi connectivity index (χ0) is 15.2. The summed E-state index contributed by atoms with van der Waals surface area (Å²) >= 11 is 0. The molecule has 0 spiro atoms. The van der Waals surface area contributed by atoms with Crippen molar-refractivity contribution in [3.63, 3.8) is 0 Å². The number of carbonyl (C=O) groups is 1. The number of para-hydroxylation sites is 1. The van der Waals surface area contributed by atoms with Crippen LogP contribution >= 0.6 is 0 Å². The lowest BCUT2D eigenvalue weighted by molar-refractivity contribution is 0.111. The molecule has 0 atom stereocenters. The van der Waals surface area contributed by atoms with E-state index in [9.17, 15) is 13.6 Å². The smallest absolute Gasteiger partial charge is 0.172 e. The second kappa shape index (κ2) is 6.83. The number of aldehydes is 1. The minimum Gasteiger partial charge on any atom is -0.490 e. The summed E-state index contributed by atoms with van der Waals surface area (Å²) in [4.78, 5) is 11.0. The Bertz CT molecular complexity index is 641. The van der Waals surface area contributed by atoms with E-state index in [1.807, 2.05) is 6.92 Å². The predicted molar refractivity (Wildman–Crippen MR) is 73.7 cm³/mol. The summed E-state index contributed by atoms with van der Waals surface area (Å²) in [6, 6.07) is 8.46. The molecule has 3 nitrogen and oxygen atoms in total. The molecule has 2 aromatic carbocycles. The quantitative estimate of drug-likeness (QED) is 0.761. The average Bonchev–Trinajstić information content (AvgIpc) is 2.49. The van der Waals surface area contributed by atoms with E-state index >= 15 is 0 Å². The number of benzene rings is 2. The van der Waals surface area contributed by atoms with E-state index in [1.165, 1.54) is 6.07 Å². The van der Waals surface area contributed by atoms with Crippen molar-refractivity contribution in [1.82, 2.24) is 0 Å². The number of ether oxygens (including phenoxy) is 2. The molecule has 0 aliphatic heterocycles. The molecule has 0 aromatic heterocycles. The summed E-state index contributed by atoms with van der Waals surface area (Å²) in [7, 11) is 0. The molecular formula is C16H14F2O3. The van der Waals surface area contributed by atoms with Crippen molar-refractivity contribution >= 4 is 6.29 Å². The molecule has 0 unspecified atom stereocenters. The van der Waals surface area contributed by atoms with Crippen LogP contribution in [0.2, 0.25) is 0 Å². The van der Waals surface area contributed by atoms with Crippen LogP contribution in [0.3, 0.4) is 0 Å². The topological polar surface area (TPSA) is 35.5 Å². The van der Waals surface area contributed by atoms with E-state index in [1.54, 1.807) is 18.2 Å². The van der Waals surface area contributed by atoms with Crippen LogP contribution in [0.25, 0.3) is 0 Å². The van der Waals surface area contributed by atoms with Crippen LogP contribution in [0.1, 0.15) is 22.8 Å². The molecule has 0 saturated carbocycles. The molecule has 2 aromatic rings. The van der Waals surface area contributed by atoms with Crippen LogP contribution in [0.5, 0.6) is 11.5 Å². The minimum atomic E-state index is -0.940. The molecule has 0 fully saturated rings. The molecule has 0 bridgehead atoms. The Hall–Kier alpha value is -2.43. The Balaban J connectivity index is 2.21. The highest BCUT2D eigenvalue weighted by molar-refractivity contribution is 5.81. The van der Waals surface area contributed by atoms with E-state index in [-0.39, 0.29) is 6.61 Å². The third-order valence-electron chi connectivity index (χ3n) is 2.80. The first kappa shape index (κ1) is 15.0. The van der Waals surface area contributed by atoms with Gasteiger partial charge in [-0.3, -0.25) is 4.79 Å². The van der Waals surface area contributed by atoms with E-state index < -0.39 is 11.6 Å². The van der Waals surface area contributed by atoms with Crippen LogP contribution < -0.4 is 9.47 Å². The number of rotatable bonds is 6. The molecule has 110 valence electrons. The first-order valence-corrected chi connectivity index (χ1v) is 6.43. The van der Waals surface area contributed by atoms with E-state index in [2.05, 4.69) is 0 Å². The third kappa shape index (κ3) is 3.56. The van der Waals surface area contributed by atoms with Gasteiger partial charge in [0.05, 0.1) is 12.2 Å². The summed E-state index contributed by atoms with van der Waals surface area (Å²) < 4.78 is 36.9. The fraction of sp³-hybridized carbons (Fsp3) is 0.188. The van der Waals surface area contributed by atoms with Crippen LogP contribution in [0.15, 0.2) is 36.4 Å². The Kier molecular flexibility index (Phi) is 4.87. The fourth-order valence-corrected chi connectivity index (χ4v) is 1.83. The zero-order valence-electron chi connectivity index (χ0n) is 11.4. The maximum atomic E-state index is 13.1. The highest BCUT2D eigenvalue weighted by Gasteiger charge is 2.11. The van der Waals surface area contributed by atoms with Crippen molar-refractivity contribution in [2.75, 3.05) is 6.61 Å². The van der Waals surface area contributed by atoms with Gasteiger partial charge >= 0.3 is 0 Å². The van der Waals surface area contributed by atoms with Gasteiger partial charge < -0.3 is 9.47 Å². The van der Waals surface area contributed by atoms with Gasteiger partial charge in [-0.2, -0.15) is 0 Å². The predicted octanol–water partition coefficient (Wildman–Crippen LogP) is 3.76. The van der Waals surface area contributed by atoms with E-state index in [0.29, 0.717) is 35.5 Å². The van der Waals surface area contributed by atoms with Crippen LogP contribution in [-0.2, 0) is 6.61 Å². The van der Waals surface area contributed by atoms with E-state index in [4.69, 9.17) is 9.47 Å². The largest absolute Gasteiger partial charge is 0.490 e. The van der Waals surface area contributed by atoms with Crippen molar-refractivity contribution in [3.8, 4) is 11.5 Å². The van der Waals surface area contributed by atoms with Gasteiger partial charge in [0.1, 0.15) is 6.61 Å². The minimum absolute atomic E-state index is 0.00211. The van der Waals surface area contributed by atoms with Crippen molar-refractivity contribution in [2.24, 2.45) is 0 Å². The number of carbonyl (C=O) groups excluding carboxylic acids is 1. The van der Waals surface area contributed by atoms with Gasteiger partial charge in [0.25, 0.3) is 0 Å². The van der Waals surface area contributed by atoms with Gasteiger partial charge in [0, 0.05) is 0 Å². The van der Waals surface area contributed by atoms with Gasteiger partial charge in [0.15, 0.2) is 29.4 Å². The highest BCUT2D eigenvalue weighted by Crippen LogP contribution is 2.31. The van der Waals surface area contributed by atoms with Gasteiger partial charge in [0.2, 0.25) is 0 Å². The SMILES string of the molecule is CCOc1cccc(C=O)c1OCc1ccc(F)c(F)c1. The zero-order valence-corrected chi connectivity index (χ0v) is 11.4. The lowest BCUT2D eigenvalue weighted by Gasteiger charge is -2.13. The number of hydrogen-bond donors (Lipinski definition) is 0. The first-order chi connectivity index (χ1) is 10.2. The number of halogens is 2. The molecule has 0 amide bonds. The van der Waals surface area contributed by atoms with E-state index in [0.717, 1.165) is 12.1 Å². The summed E-state index contributed by atoms with van der Waals surface area (Å²) in [5, 5.41) is 0. The van der Waals surface area contributed by atoms with Crippen molar-refractivity contribution in [2.45, 2.75) is 13.5 Å². The first-order valence-electron chi connectivity index (χ1n) is 6.43. The third-order valence-corrected chi connectivity index (χ3v) is 2.80. The van der Waals surface area contributed by atoms with Crippen LogP contribution in [0.4, 0.5) is 8.78 Å². The van der Waals surface area contributed by atoms with Crippen LogP contribution in [0, 0.1) is 11.6 Å². The summed E-state index contributed by atoms with van der Waals surface area (Å²) in [5.74, 6) is -1.13. The Morgan fingerprint density at radius 2 is 1.90 bits per heavy atom. The molecule has 21 heavy (non-hydrogen) atoms. The van der Waals surface area contributed by atoms with Gasteiger partial charge in [-0.1, -0.05) is 12.1 Å². The van der Waals surface area contributed by atoms with Crippen molar-refractivity contribution < 1.29 is 23.0 Å². The van der Waals surface area contributed by atoms with Gasteiger partial charge in [-0.15, -0.1) is 0 Å². The summed E-state index contributed by atoms with van der Waals surface area (Å²) in [6.45, 7) is 2.23.